The van der Waals surface area contributed by atoms with Crippen molar-refractivity contribution in [2.75, 3.05) is 4.90 Å². The Morgan fingerprint density at radius 2 is 0.948 bits per heavy atom. The minimum atomic E-state index is -1.01. The third-order valence-electron chi connectivity index (χ3n) is 11.7. The summed E-state index contributed by atoms with van der Waals surface area (Å²) in [5.74, 6) is -4.45. The molecule has 0 atom stereocenters. The first-order chi connectivity index (χ1) is 28.1. The normalized spacial score (nSPS) is 12.8. The highest BCUT2D eigenvalue weighted by molar-refractivity contribution is 6.13. The maximum Gasteiger partial charge on any atom is 0.208 e. The van der Waals surface area contributed by atoms with Gasteiger partial charge in [-0.15, -0.1) is 0 Å². The average molecular weight is 759 g/mol. The van der Waals surface area contributed by atoms with Crippen molar-refractivity contribution in [1.29, 1.82) is 0 Å². The molecule has 1 aromatic heterocycles. The van der Waals surface area contributed by atoms with E-state index in [9.17, 15) is 25.5 Å². The largest absolute Gasteiger partial charge is 0.503 e. The summed E-state index contributed by atoms with van der Waals surface area (Å²) in [5, 5.41) is 56.9. The van der Waals surface area contributed by atoms with Crippen LogP contribution in [0.5, 0.6) is 28.7 Å². The van der Waals surface area contributed by atoms with E-state index >= 15 is 0 Å². The third-order valence-corrected chi connectivity index (χ3v) is 11.7. The lowest BCUT2D eigenvalue weighted by molar-refractivity contribution is 0.327. The first kappa shape index (κ1) is 34.8. The van der Waals surface area contributed by atoms with E-state index in [-0.39, 0.29) is 11.1 Å². The summed E-state index contributed by atoms with van der Waals surface area (Å²) in [6, 6.07) is 55.7. The Bertz CT molecular complexity index is 3050. The molecule has 7 nitrogen and oxygen atoms in total. The highest BCUT2D eigenvalue weighted by atomic mass is 16.4. The van der Waals surface area contributed by atoms with Crippen LogP contribution in [0.1, 0.15) is 25.0 Å². The molecule has 0 aliphatic heterocycles. The summed E-state index contributed by atoms with van der Waals surface area (Å²) >= 11 is 0. The van der Waals surface area contributed by atoms with Gasteiger partial charge in [0.15, 0.2) is 11.5 Å². The monoisotopic (exact) mass is 758 g/mol. The fourth-order valence-corrected chi connectivity index (χ4v) is 8.86. The van der Waals surface area contributed by atoms with Crippen LogP contribution in [0.2, 0.25) is 0 Å². The van der Waals surface area contributed by atoms with Crippen molar-refractivity contribution in [2.24, 2.45) is 0 Å². The minimum absolute atomic E-state index is 0.262. The Hall–Kier alpha value is -7.64. The Labute approximate surface area is 334 Å². The molecule has 1 aliphatic carbocycles. The Morgan fingerprint density at radius 3 is 1.64 bits per heavy atom. The molecule has 58 heavy (non-hydrogen) atoms. The number of aromatic nitrogens is 1. The number of nitrogens with zero attached hydrogens (tertiary/aromatic N) is 2. The molecule has 0 bridgehead atoms. The fourth-order valence-electron chi connectivity index (χ4n) is 8.86. The fraction of sp³-hybridized carbons (Fsp3) is 0.0588. The van der Waals surface area contributed by atoms with E-state index in [0.29, 0.717) is 11.0 Å². The molecule has 0 unspecified atom stereocenters. The highest BCUT2D eigenvalue weighted by Crippen LogP contribution is 2.56. The summed E-state index contributed by atoms with van der Waals surface area (Å²) < 4.78 is 1.66. The van der Waals surface area contributed by atoms with Crippen molar-refractivity contribution in [3.8, 4) is 67.8 Å². The van der Waals surface area contributed by atoms with E-state index in [1.807, 2.05) is 72.8 Å². The molecule has 282 valence electrons. The van der Waals surface area contributed by atoms with Gasteiger partial charge in [0.2, 0.25) is 17.2 Å². The summed E-state index contributed by atoms with van der Waals surface area (Å²) in [4.78, 5) is 2.18. The summed E-state index contributed by atoms with van der Waals surface area (Å²) in [6.45, 7) is 4.35. The van der Waals surface area contributed by atoms with Crippen LogP contribution in [-0.4, -0.2) is 30.1 Å². The van der Waals surface area contributed by atoms with Gasteiger partial charge in [-0.1, -0.05) is 135 Å². The number of aromatic hydroxyl groups is 5. The number of phenols is 5. The Balaban J connectivity index is 1.28. The maximum atomic E-state index is 11.5. The first-order valence-corrected chi connectivity index (χ1v) is 19.1. The second-order valence-electron chi connectivity index (χ2n) is 15.3. The van der Waals surface area contributed by atoms with Crippen LogP contribution in [0.4, 0.5) is 17.1 Å². The van der Waals surface area contributed by atoms with Gasteiger partial charge in [-0.2, -0.15) is 0 Å². The number of phenolic OH excluding ortho intramolecular Hbond substituents is 5. The van der Waals surface area contributed by atoms with Crippen LogP contribution < -0.4 is 4.90 Å². The van der Waals surface area contributed by atoms with E-state index in [4.69, 9.17) is 0 Å². The van der Waals surface area contributed by atoms with Crippen LogP contribution >= 0.6 is 0 Å². The number of rotatable bonds is 6. The van der Waals surface area contributed by atoms with Crippen molar-refractivity contribution < 1.29 is 25.5 Å². The van der Waals surface area contributed by atoms with Crippen LogP contribution in [0, 0.1) is 0 Å². The van der Waals surface area contributed by atoms with Gasteiger partial charge in [0.05, 0.1) is 16.7 Å². The van der Waals surface area contributed by atoms with Crippen molar-refractivity contribution in [3.05, 3.63) is 175 Å². The van der Waals surface area contributed by atoms with Gasteiger partial charge in [0.1, 0.15) is 5.69 Å². The molecule has 0 spiro atoms. The van der Waals surface area contributed by atoms with E-state index in [2.05, 4.69) is 110 Å². The first-order valence-electron chi connectivity index (χ1n) is 19.1. The SMILES string of the molecule is CC1(C)c2ccccc2-c2cc3c4ccc(N(c5ccc(-c6ccccc6)cc5)c5ccccc5-c5ccccc5)cc4n(-c4c(O)c(O)c(O)c(O)c4O)c3cc21. The zero-order valence-corrected chi connectivity index (χ0v) is 31.7. The number of para-hydroxylation sites is 1. The van der Waals surface area contributed by atoms with Crippen LogP contribution in [0.15, 0.2) is 164 Å². The van der Waals surface area contributed by atoms with Crippen molar-refractivity contribution in [2.45, 2.75) is 19.3 Å². The molecular formula is C51H38N2O5. The highest BCUT2D eigenvalue weighted by Gasteiger charge is 2.37. The van der Waals surface area contributed by atoms with Gasteiger partial charge in [-0.25, -0.2) is 0 Å². The quantitative estimate of drug-likeness (QED) is 0.0853. The number of fused-ring (bicyclic) bond motifs is 6. The minimum Gasteiger partial charge on any atom is -0.503 e. The molecule has 1 aliphatic rings. The van der Waals surface area contributed by atoms with Gasteiger partial charge >= 0.3 is 0 Å². The topological polar surface area (TPSA) is 109 Å². The zero-order chi connectivity index (χ0) is 39.9. The predicted octanol–water partition coefficient (Wildman–Crippen LogP) is 12.4. The molecule has 10 rings (SSSR count). The maximum absolute atomic E-state index is 11.5. The van der Waals surface area contributed by atoms with E-state index in [1.54, 1.807) is 4.57 Å². The van der Waals surface area contributed by atoms with E-state index in [1.165, 1.54) is 5.56 Å². The van der Waals surface area contributed by atoms with E-state index < -0.39 is 28.7 Å². The standard InChI is InChI=1S/C51H38N2O5/c1-51(2)40-19-11-9-18-36(40)38-28-39-37-26-25-34(27-43(37)53(44(39)29-41(38)51)45-46(54)48(56)50(58)49(57)47(45)55)52(33-23-21-31(22-24-33)30-13-5-3-6-14-30)42-20-12-10-17-35(42)32-15-7-4-8-16-32/h3-29,54-58H,1-2H3. The molecule has 0 radical (unpaired) electrons. The van der Waals surface area contributed by atoms with E-state index in [0.717, 1.165) is 66.8 Å². The second-order valence-corrected chi connectivity index (χ2v) is 15.3. The molecule has 0 fully saturated rings. The number of hydrogen-bond donors (Lipinski definition) is 5. The molecule has 8 aromatic carbocycles. The van der Waals surface area contributed by atoms with Crippen molar-refractivity contribution >= 4 is 38.9 Å². The second kappa shape index (κ2) is 13.0. The third kappa shape index (κ3) is 5.13. The molecule has 9 aromatic rings. The van der Waals surface area contributed by atoms with Gasteiger partial charge in [0, 0.05) is 33.1 Å². The Morgan fingerprint density at radius 1 is 0.414 bits per heavy atom. The number of anilines is 3. The summed E-state index contributed by atoms with van der Waals surface area (Å²) in [6.07, 6.45) is 0. The molecular weight excluding hydrogens is 721 g/mol. The number of hydrogen-bond acceptors (Lipinski definition) is 6. The van der Waals surface area contributed by atoms with Gasteiger partial charge in [-0.05, 0) is 81.4 Å². The molecule has 1 heterocycles. The number of benzene rings is 8. The van der Waals surface area contributed by atoms with Crippen molar-refractivity contribution in [3.63, 3.8) is 0 Å². The Kier molecular flexibility index (Phi) is 7.78. The van der Waals surface area contributed by atoms with Gasteiger partial charge in [0.25, 0.3) is 0 Å². The van der Waals surface area contributed by atoms with Crippen LogP contribution in [0.3, 0.4) is 0 Å². The summed E-state index contributed by atoms with van der Waals surface area (Å²) in [5.41, 5.74) is 11.9. The van der Waals surface area contributed by atoms with Gasteiger partial charge in [-0.3, -0.25) is 0 Å². The predicted molar refractivity (Wildman–Crippen MR) is 232 cm³/mol. The molecule has 5 N–H and O–H groups in total. The molecule has 0 saturated heterocycles. The lowest BCUT2D eigenvalue weighted by Gasteiger charge is -2.28. The smallest absolute Gasteiger partial charge is 0.208 e. The summed E-state index contributed by atoms with van der Waals surface area (Å²) in [7, 11) is 0. The molecule has 7 heteroatoms. The molecule has 0 saturated carbocycles. The zero-order valence-electron chi connectivity index (χ0n) is 31.7. The van der Waals surface area contributed by atoms with Crippen LogP contribution in [0.25, 0.3) is 60.9 Å². The molecule has 0 amide bonds. The lowest BCUT2D eigenvalue weighted by Crippen LogP contribution is -2.15. The lowest BCUT2D eigenvalue weighted by atomic mass is 9.82. The van der Waals surface area contributed by atoms with Crippen LogP contribution in [-0.2, 0) is 5.41 Å². The van der Waals surface area contributed by atoms with Gasteiger partial charge < -0.3 is 35.0 Å². The van der Waals surface area contributed by atoms with Crippen molar-refractivity contribution in [1.82, 2.24) is 4.57 Å². The average Bonchev–Trinajstić information content (AvgIpc) is 3.69.